The van der Waals surface area contributed by atoms with Gasteiger partial charge in [-0.1, -0.05) is 51.2 Å². The zero-order chi connectivity index (χ0) is 13.9. The zero-order valence-electron chi connectivity index (χ0n) is 12.0. The van der Waals surface area contributed by atoms with Crippen molar-refractivity contribution in [2.45, 2.75) is 51.5 Å². The highest BCUT2D eigenvalue weighted by molar-refractivity contribution is 5.57. The molecule has 0 fully saturated rings. The van der Waals surface area contributed by atoms with Gasteiger partial charge in [-0.3, -0.25) is 0 Å². The highest BCUT2D eigenvalue weighted by Gasteiger charge is 2.09. The number of rotatable bonds is 9. The maximum absolute atomic E-state index is 9.20. The fourth-order valence-corrected chi connectivity index (χ4v) is 2.07. The molecule has 0 radical (unpaired) electrons. The molecule has 3 nitrogen and oxygen atoms in total. The summed E-state index contributed by atoms with van der Waals surface area (Å²) in [6.07, 6.45) is 7.00. The minimum Gasteiger partial charge on any atom is -0.495 e. The largest absolute Gasteiger partial charge is 0.495 e. The smallest absolute Gasteiger partial charge is 0.141 e. The minimum absolute atomic E-state index is 0.141. The highest BCUT2D eigenvalue weighted by atomic mass is 16.5. The Labute approximate surface area is 116 Å². The number of hydrogen-bond acceptors (Lipinski definition) is 3. The quantitative estimate of drug-likeness (QED) is 0.671. The Balaban J connectivity index is 2.41. The van der Waals surface area contributed by atoms with Gasteiger partial charge in [0.25, 0.3) is 0 Å². The van der Waals surface area contributed by atoms with Crippen molar-refractivity contribution >= 4 is 5.69 Å². The molecular formula is C16H24N2O. The molecule has 0 saturated carbocycles. The molecule has 0 spiro atoms. The van der Waals surface area contributed by atoms with E-state index in [9.17, 15) is 5.26 Å². The van der Waals surface area contributed by atoms with Crippen LogP contribution in [0.2, 0.25) is 0 Å². The van der Waals surface area contributed by atoms with E-state index in [-0.39, 0.29) is 6.04 Å². The molecule has 1 unspecified atom stereocenters. The van der Waals surface area contributed by atoms with Gasteiger partial charge < -0.3 is 10.1 Å². The molecule has 1 aromatic carbocycles. The highest BCUT2D eigenvalue weighted by Crippen LogP contribution is 2.24. The molecule has 0 heterocycles. The second-order valence-corrected chi connectivity index (χ2v) is 4.73. The van der Waals surface area contributed by atoms with Crippen molar-refractivity contribution in [1.82, 2.24) is 0 Å². The number of methoxy groups -OCH3 is 1. The van der Waals surface area contributed by atoms with Crippen LogP contribution < -0.4 is 10.1 Å². The lowest BCUT2D eigenvalue weighted by Gasteiger charge is -2.15. The van der Waals surface area contributed by atoms with E-state index in [0.717, 1.165) is 24.3 Å². The Morgan fingerprint density at radius 3 is 2.63 bits per heavy atom. The maximum atomic E-state index is 9.20. The average Bonchev–Trinajstić information content (AvgIpc) is 2.46. The van der Waals surface area contributed by atoms with E-state index in [1.807, 2.05) is 24.3 Å². The van der Waals surface area contributed by atoms with Gasteiger partial charge in [-0.15, -0.1) is 0 Å². The van der Waals surface area contributed by atoms with E-state index in [1.165, 1.54) is 25.7 Å². The van der Waals surface area contributed by atoms with Gasteiger partial charge in [0.05, 0.1) is 18.9 Å². The van der Waals surface area contributed by atoms with Crippen molar-refractivity contribution in [2.75, 3.05) is 12.4 Å². The first-order valence-electron chi connectivity index (χ1n) is 7.11. The third-order valence-electron chi connectivity index (χ3n) is 3.19. The number of unbranched alkanes of at least 4 members (excludes halogenated alkanes) is 4. The maximum Gasteiger partial charge on any atom is 0.141 e. The van der Waals surface area contributed by atoms with Crippen molar-refractivity contribution in [3.8, 4) is 11.8 Å². The van der Waals surface area contributed by atoms with E-state index in [2.05, 4.69) is 18.3 Å². The van der Waals surface area contributed by atoms with Crippen LogP contribution in [0.4, 0.5) is 5.69 Å². The van der Waals surface area contributed by atoms with E-state index in [0.29, 0.717) is 0 Å². The van der Waals surface area contributed by atoms with Gasteiger partial charge in [-0.05, 0) is 18.6 Å². The van der Waals surface area contributed by atoms with Crippen molar-refractivity contribution in [3.63, 3.8) is 0 Å². The van der Waals surface area contributed by atoms with E-state index in [1.54, 1.807) is 7.11 Å². The Bertz CT molecular complexity index is 398. The zero-order valence-corrected chi connectivity index (χ0v) is 12.0. The molecule has 1 N–H and O–H groups in total. The van der Waals surface area contributed by atoms with Crippen LogP contribution in [0.5, 0.6) is 5.75 Å². The normalized spacial score (nSPS) is 11.6. The van der Waals surface area contributed by atoms with Crippen LogP contribution >= 0.6 is 0 Å². The molecule has 104 valence electrons. The topological polar surface area (TPSA) is 45.0 Å². The van der Waals surface area contributed by atoms with Gasteiger partial charge >= 0.3 is 0 Å². The molecule has 1 rings (SSSR count). The summed E-state index contributed by atoms with van der Waals surface area (Å²) < 4.78 is 5.28. The lowest BCUT2D eigenvalue weighted by atomic mass is 10.1. The van der Waals surface area contributed by atoms with E-state index < -0.39 is 0 Å². The number of benzene rings is 1. The summed E-state index contributed by atoms with van der Waals surface area (Å²) in [7, 11) is 1.65. The first-order valence-corrected chi connectivity index (χ1v) is 7.11. The Morgan fingerprint density at radius 1 is 1.21 bits per heavy atom. The number of nitrogens with zero attached hydrogens (tertiary/aromatic N) is 1. The fourth-order valence-electron chi connectivity index (χ4n) is 2.07. The molecule has 0 aliphatic rings. The van der Waals surface area contributed by atoms with Crippen molar-refractivity contribution in [1.29, 1.82) is 5.26 Å². The summed E-state index contributed by atoms with van der Waals surface area (Å²) in [6.45, 7) is 2.21. The molecule has 0 bridgehead atoms. The number of nitrogens with one attached hydrogen (secondary N) is 1. The summed E-state index contributed by atoms with van der Waals surface area (Å²) in [5.74, 6) is 0.786. The first-order chi connectivity index (χ1) is 9.31. The second-order valence-electron chi connectivity index (χ2n) is 4.73. The number of ether oxygens (including phenoxy) is 1. The van der Waals surface area contributed by atoms with Gasteiger partial charge in [0.1, 0.15) is 11.8 Å². The van der Waals surface area contributed by atoms with Crippen LogP contribution in [0.25, 0.3) is 0 Å². The monoisotopic (exact) mass is 260 g/mol. The molecular weight excluding hydrogens is 236 g/mol. The Kier molecular flexibility index (Phi) is 7.50. The number of nitriles is 1. The fraction of sp³-hybridized carbons (Fsp3) is 0.562. The number of hydrogen-bond donors (Lipinski definition) is 1. The molecule has 1 atom stereocenters. The average molecular weight is 260 g/mol. The van der Waals surface area contributed by atoms with Crippen molar-refractivity contribution in [2.24, 2.45) is 0 Å². The summed E-state index contributed by atoms with van der Waals surface area (Å²) in [4.78, 5) is 0. The SMILES string of the molecule is CCCCCCCC(C#N)Nc1ccccc1OC. The number of para-hydroxylation sites is 2. The summed E-state index contributed by atoms with van der Waals surface area (Å²) >= 11 is 0. The second kappa shape index (κ2) is 9.27. The summed E-state index contributed by atoms with van der Waals surface area (Å²) in [5.41, 5.74) is 0.894. The molecule has 1 aromatic rings. The minimum atomic E-state index is -0.141. The molecule has 0 aliphatic heterocycles. The van der Waals surface area contributed by atoms with Crippen LogP contribution in [0.15, 0.2) is 24.3 Å². The van der Waals surface area contributed by atoms with Gasteiger partial charge in [0.2, 0.25) is 0 Å². The van der Waals surface area contributed by atoms with Crippen LogP contribution in [0, 0.1) is 11.3 Å². The predicted octanol–water partition coefficient (Wildman–Crippen LogP) is 4.36. The van der Waals surface area contributed by atoms with Crippen molar-refractivity contribution in [3.05, 3.63) is 24.3 Å². The molecule has 0 saturated heterocycles. The predicted molar refractivity (Wildman–Crippen MR) is 79.4 cm³/mol. The first kappa shape index (κ1) is 15.4. The molecule has 3 heteroatoms. The third kappa shape index (κ3) is 5.65. The van der Waals surface area contributed by atoms with Gasteiger partial charge in [0, 0.05) is 0 Å². The van der Waals surface area contributed by atoms with Crippen LogP contribution in [0.1, 0.15) is 45.4 Å². The standard InChI is InChI=1S/C16H24N2O/c1-3-4-5-6-7-10-14(13-17)18-15-11-8-9-12-16(15)19-2/h8-9,11-12,14,18H,3-7,10H2,1-2H3. The molecule has 0 amide bonds. The third-order valence-corrected chi connectivity index (χ3v) is 3.19. The van der Waals surface area contributed by atoms with Crippen LogP contribution in [-0.4, -0.2) is 13.2 Å². The molecule has 0 aromatic heterocycles. The van der Waals surface area contributed by atoms with Crippen LogP contribution in [-0.2, 0) is 0 Å². The lowest BCUT2D eigenvalue weighted by Crippen LogP contribution is -2.17. The van der Waals surface area contributed by atoms with Crippen LogP contribution in [0.3, 0.4) is 0 Å². The van der Waals surface area contributed by atoms with Gasteiger partial charge in [0.15, 0.2) is 0 Å². The van der Waals surface area contributed by atoms with Gasteiger partial charge in [-0.25, -0.2) is 0 Å². The van der Waals surface area contributed by atoms with E-state index in [4.69, 9.17) is 4.74 Å². The van der Waals surface area contributed by atoms with Gasteiger partial charge in [-0.2, -0.15) is 5.26 Å². The van der Waals surface area contributed by atoms with E-state index >= 15 is 0 Å². The lowest BCUT2D eigenvalue weighted by molar-refractivity contribution is 0.416. The summed E-state index contributed by atoms with van der Waals surface area (Å²) in [6, 6.07) is 9.90. The Morgan fingerprint density at radius 2 is 1.95 bits per heavy atom. The van der Waals surface area contributed by atoms with Crippen molar-refractivity contribution < 1.29 is 4.74 Å². The summed E-state index contributed by atoms with van der Waals surface area (Å²) in [5, 5.41) is 12.5. The Hall–Kier alpha value is -1.69. The number of anilines is 1. The molecule has 19 heavy (non-hydrogen) atoms. The molecule has 0 aliphatic carbocycles.